The zero-order valence-corrected chi connectivity index (χ0v) is 22.5. The van der Waals surface area contributed by atoms with Crippen molar-refractivity contribution in [1.29, 1.82) is 0 Å². The maximum absolute atomic E-state index is 15.5. The molecule has 0 saturated heterocycles. The average molecular weight is 578 g/mol. The molecule has 0 spiro atoms. The van der Waals surface area contributed by atoms with Gasteiger partial charge in [-0.15, -0.1) is 0 Å². The zero-order chi connectivity index (χ0) is 28.7. The number of hydrogen-bond acceptors (Lipinski definition) is 9. The largest absolute Gasteiger partial charge is 0.457 e. The van der Waals surface area contributed by atoms with E-state index < -0.39 is 17.4 Å². The van der Waals surface area contributed by atoms with E-state index in [1.54, 1.807) is 61.1 Å². The Balaban J connectivity index is 1.26. The summed E-state index contributed by atoms with van der Waals surface area (Å²) < 4.78 is 36.4. The van der Waals surface area contributed by atoms with E-state index in [1.807, 2.05) is 0 Å². The topological polar surface area (TPSA) is 123 Å². The standard InChI is InChI=1S/C27H22ClF2N9O2/c1-14-9-16(5-7-38(14)27(40)24(28)30)25-31-11-19-23(37-25)26(34-12-32-19)36-18-3-4-20(15(2)22(18)29)41-17-6-8-39-21(10-17)33-13-35-39/h3-6,8,10-14,24H,7,9H2,1-2H3,(H,32,34,36)/t14-,24?/m0/s1. The van der Waals surface area contributed by atoms with Crippen LogP contribution in [-0.2, 0) is 4.79 Å². The highest BCUT2D eigenvalue weighted by Crippen LogP contribution is 2.33. The summed E-state index contributed by atoms with van der Waals surface area (Å²) in [7, 11) is 0. The Morgan fingerprint density at radius 2 is 2.05 bits per heavy atom. The van der Waals surface area contributed by atoms with Gasteiger partial charge in [0.1, 0.15) is 35.2 Å². The van der Waals surface area contributed by atoms with Gasteiger partial charge in [0, 0.05) is 30.4 Å². The molecule has 1 N–H and O–H groups in total. The van der Waals surface area contributed by atoms with E-state index >= 15 is 4.39 Å². The van der Waals surface area contributed by atoms with Crippen LogP contribution >= 0.6 is 11.6 Å². The number of pyridine rings is 1. The van der Waals surface area contributed by atoms with Crippen molar-refractivity contribution in [1.82, 2.24) is 39.4 Å². The van der Waals surface area contributed by atoms with Crippen molar-refractivity contribution in [2.75, 3.05) is 11.9 Å². The fourth-order valence-corrected chi connectivity index (χ4v) is 4.73. The van der Waals surface area contributed by atoms with Crippen LogP contribution in [0.2, 0.25) is 0 Å². The number of hydrogen-bond donors (Lipinski definition) is 1. The van der Waals surface area contributed by atoms with E-state index in [-0.39, 0.29) is 29.7 Å². The molecule has 1 unspecified atom stereocenters. The van der Waals surface area contributed by atoms with Crippen molar-refractivity contribution in [2.45, 2.75) is 31.9 Å². The monoisotopic (exact) mass is 577 g/mol. The summed E-state index contributed by atoms with van der Waals surface area (Å²) in [6.07, 6.45) is 8.18. The number of ether oxygens (including phenoxy) is 1. The molecule has 1 aromatic carbocycles. The maximum atomic E-state index is 15.5. The summed E-state index contributed by atoms with van der Waals surface area (Å²) in [5.74, 6) is 0.220. The van der Waals surface area contributed by atoms with E-state index in [1.165, 1.54) is 17.6 Å². The molecule has 0 saturated carbocycles. The Labute approximate surface area is 236 Å². The first-order chi connectivity index (χ1) is 19.8. The van der Waals surface area contributed by atoms with E-state index in [4.69, 9.17) is 16.3 Å². The molecule has 0 radical (unpaired) electrons. The number of nitrogens with one attached hydrogen (secondary N) is 1. The third kappa shape index (κ3) is 5.11. The van der Waals surface area contributed by atoms with E-state index in [0.29, 0.717) is 40.4 Å². The number of carbonyl (C=O) groups is 1. The van der Waals surface area contributed by atoms with Crippen molar-refractivity contribution in [3.63, 3.8) is 0 Å². The van der Waals surface area contributed by atoms with Gasteiger partial charge in [-0.25, -0.2) is 38.2 Å². The fourth-order valence-electron chi connectivity index (χ4n) is 4.60. The molecule has 11 nitrogen and oxygen atoms in total. The van der Waals surface area contributed by atoms with Gasteiger partial charge in [0.25, 0.3) is 11.5 Å². The molecule has 2 atom stereocenters. The van der Waals surface area contributed by atoms with Crippen molar-refractivity contribution in [3.8, 4) is 11.5 Å². The van der Waals surface area contributed by atoms with Gasteiger partial charge in [-0.1, -0.05) is 17.7 Å². The molecule has 1 amide bonds. The van der Waals surface area contributed by atoms with Crippen LogP contribution in [0, 0.1) is 12.7 Å². The SMILES string of the molecule is Cc1c(Oc2ccn3ncnc3c2)ccc(Nc2ncnc3cnc(C4=CCN(C(=O)C(F)Cl)[C@@H](C)C4)nc23)c1F. The third-order valence-electron chi connectivity index (χ3n) is 6.79. The minimum absolute atomic E-state index is 0.171. The number of nitrogens with zero attached hydrogens (tertiary/aromatic N) is 8. The smallest absolute Gasteiger partial charge is 0.273 e. The molecule has 1 aliphatic heterocycles. The van der Waals surface area contributed by atoms with Crippen molar-refractivity contribution in [2.24, 2.45) is 0 Å². The van der Waals surface area contributed by atoms with E-state index in [2.05, 4.69) is 35.3 Å². The number of aromatic nitrogens is 7. The Morgan fingerprint density at radius 1 is 1.20 bits per heavy atom. The quantitative estimate of drug-likeness (QED) is 0.278. The zero-order valence-electron chi connectivity index (χ0n) is 21.8. The number of halogens is 3. The second kappa shape index (κ2) is 10.7. The van der Waals surface area contributed by atoms with Crippen molar-refractivity contribution in [3.05, 3.63) is 72.6 Å². The molecular weight excluding hydrogens is 556 g/mol. The molecule has 6 rings (SSSR count). The lowest BCUT2D eigenvalue weighted by atomic mass is 10.0. The number of carbonyl (C=O) groups excluding carboxylic acids is 1. The highest BCUT2D eigenvalue weighted by molar-refractivity contribution is 6.29. The van der Waals surface area contributed by atoms with Crippen LogP contribution in [0.4, 0.5) is 20.3 Å². The Hall–Kier alpha value is -4.78. The molecule has 1 aliphatic rings. The third-order valence-corrected chi connectivity index (χ3v) is 6.97. The Bertz CT molecular complexity index is 1830. The van der Waals surface area contributed by atoms with Crippen LogP contribution in [0.1, 0.15) is 24.7 Å². The minimum atomic E-state index is -2.09. The van der Waals surface area contributed by atoms with E-state index in [0.717, 1.165) is 5.57 Å². The summed E-state index contributed by atoms with van der Waals surface area (Å²) in [5, 5.41) is 7.07. The Morgan fingerprint density at radius 3 is 2.85 bits per heavy atom. The summed E-state index contributed by atoms with van der Waals surface area (Å²) in [6, 6.07) is 6.31. The summed E-state index contributed by atoms with van der Waals surface area (Å²) in [6.45, 7) is 3.59. The maximum Gasteiger partial charge on any atom is 0.273 e. The average Bonchev–Trinajstić information content (AvgIpc) is 3.44. The second-order valence-electron chi connectivity index (χ2n) is 9.43. The van der Waals surface area contributed by atoms with Gasteiger partial charge in [0.2, 0.25) is 0 Å². The van der Waals surface area contributed by atoms with Gasteiger partial charge in [-0.3, -0.25) is 4.79 Å². The summed E-state index contributed by atoms with van der Waals surface area (Å²) in [4.78, 5) is 35.1. The van der Waals surface area contributed by atoms with Crippen LogP contribution in [0.5, 0.6) is 11.5 Å². The molecule has 208 valence electrons. The number of anilines is 2. The number of benzene rings is 1. The molecule has 5 aromatic rings. The lowest BCUT2D eigenvalue weighted by Crippen LogP contribution is -2.44. The van der Waals surface area contributed by atoms with Crippen LogP contribution < -0.4 is 10.1 Å². The van der Waals surface area contributed by atoms with Gasteiger partial charge >= 0.3 is 0 Å². The molecule has 0 fully saturated rings. The lowest BCUT2D eigenvalue weighted by Gasteiger charge is -2.32. The van der Waals surface area contributed by atoms with Gasteiger partial charge in [-0.05, 0) is 44.0 Å². The number of alkyl halides is 2. The van der Waals surface area contributed by atoms with Gasteiger partial charge in [-0.2, -0.15) is 5.10 Å². The van der Waals surface area contributed by atoms with E-state index in [9.17, 15) is 9.18 Å². The van der Waals surface area contributed by atoms with Crippen LogP contribution in [0.25, 0.3) is 22.3 Å². The highest BCUT2D eigenvalue weighted by Gasteiger charge is 2.29. The first-order valence-electron chi connectivity index (χ1n) is 12.6. The van der Waals surface area contributed by atoms with Crippen LogP contribution in [0.15, 0.2) is 55.4 Å². The molecule has 0 bridgehead atoms. The number of rotatable bonds is 6. The minimum Gasteiger partial charge on any atom is -0.457 e. The summed E-state index contributed by atoms with van der Waals surface area (Å²) >= 11 is 5.35. The number of amides is 1. The van der Waals surface area contributed by atoms with Gasteiger partial charge < -0.3 is 15.0 Å². The number of fused-ring (bicyclic) bond motifs is 2. The normalized spacial score (nSPS) is 16.1. The van der Waals surface area contributed by atoms with Gasteiger partial charge in [0.15, 0.2) is 23.1 Å². The van der Waals surface area contributed by atoms with Crippen LogP contribution in [-0.4, -0.2) is 63.6 Å². The molecule has 41 heavy (non-hydrogen) atoms. The van der Waals surface area contributed by atoms with Crippen molar-refractivity contribution < 1.29 is 18.3 Å². The van der Waals surface area contributed by atoms with Gasteiger partial charge in [0.05, 0.1) is 11.9 Å². The predicted octanol–water partition coefficient (Wildman–Crippen LogP) is 4.98. The first-order valence-corrected chi connectivity index (χ1v) is 13.0. The Kier molecular flexibility index (Phi) is 6.87. The highest BCUT2D eigenvalue weighted by atomic mass is 35.5. The molecule has 14 heteroatoms. The van der Waals surface area contributed by atoms with Crippen molar-refractivity contribution >= 4 is 51.3 Å². The van der Waals surface area contributed by atoms with Crippen LogP contribution in [0.3, 0.4) is 0 Å². The second-order valence-corrected chi connectivity index (χ2v) is 9.81. The summed E-state index contributed by atoms with van der Waals surface area (Å²) in [5.41, 5.74) is 0.579. The molecule has 4 aromatic heterocycles. The molecule has 5 heterocycles. The first kappa shape index (κ1) is 26.4. The lowest BCUT2D eigenvalue weighted by molar-refractivity contribution is -0.135. The fraction of sp³-hybridized carbons (Fsp3) is 0.222. The predicted molar refractivity (Wildman–Crippen MR) is 147 cm³/mol. The molecule has 0 aliphatic carbocycles. The molecular formula is C27H22ClF2N9O2.